The molecule has 4 N–H and O–H groups in total. The number of anilines is 1. The van der Waals surface area contributed by atoms with Crippen molar-refractivity contribution in [1.29, 1.82) is 0 Å². The number of hydrogen-bond donors (Lipinski definition) is 3. The number of imidazole rings is 1. The Balaban J connectivity index is 2.29. The number of ether oxygens (including phenoxy) is 3. The van der Waals surface area contributed by atoms with E-state index in [1.807, 2.05) is 6.92 Å². The average molecular weight is 469 g/mol. The summed E-state index contributed by atoms with van der Waals surface area (Å²) in [5.41, 5.74) is 8.49. The highest BCUT2D eigenvalue weighted by molar-refractivity contribution is 6.02. The Morgan fingerprint density at radius 3 is 2.15 bits per heavy atom. The smallest absolute Gasteiger partial charge is 0.302 e. The van der Waals surface area contributed by atoms with E-state index in [1.54, 1.807) is 17.8 Å². The van der Waals surface area contributed by atoms with Gasteiger partial charge in [0.15, 0.2) is 11.6 Å². The first kappa shape index (κ1) is 26.1. The molecule has 0 bridgehead atoms. The number of rotatable bonds is 11. The monoisotopic (exact) mass is 468 g/mol. The summed E-state index contributed by atoms with van der Waals surface area (Å²) in [7, 11) is 0. The van der Waals surface area contributed by atoms with Crippen LogP contribution in [-0.2, 0) is 40.0 Å². The van der Waals surface area contributed by atoms with Crippen molar-refractivity contribution in [1.82, 2.24) is 15.0 Å². The summed E-state index contributed by atoms with van der Waals surface area (Å²) in [5, 5.41) is 3.12. The zero-order chi connectivity index (χ0) is 24.6. The van der Waals surface area contributed by atoms with Crippen molar-refractivity contribution in [3.8, 4) is 0 Å². The minimum Gasteiger partial charge on any atom is -0.465 e. The molecule has 0 aliphatic carbocycles. The number of amidine groups is 1. The normalized spacial score (nSPS) is 17.3. The van der Waals surface area contributed by atoms with Crippen molar-refractivity contribution in [2.75, 3.05) is 31.7 Å². The molecule has 1 aliphatic heterocycles. The van der Waals surface area contributed by atoms with E-state index in [4.69, 9.17) is 24.8 Å². The largest absolute Gasteiger partial charge is 0.465 e. The van der Waals surface area contributed by atoms with Crippen LogP contribution in [0, 0.1) is 5.41 Å². The van der Waals surface area contributed by atoms with E-state index >= 15 is 0 Å². The predicted molar refractivity (Wildman–Crippen MR) is 117 cm³/mol. The van der Waals surface area contributed by atoms with E-state index in [9.17, 15) is 14.4 Å². The molecule has 0 fully saturated rings. The third-order valence-electron chi connectivity index (χ3n) is 4.72. The van der Waals surface area contributed by atoms with Crippen molar-refractivity contribution >= 4 is 29.6 Å². The zero-order valence-electron chi connectivity index (χ0n) is 19.6. The summed E-state index contributed by atoms with van der Waals surface area (Å²) in [6.07, 6.45) is 1.91. The molecule has 0 amide bonds. The van der Waals surface area contributed by atoms with Gasteiger partial charge in [0, 0.05) is 27.3 Å². The fourth-order valence-corrected chi connectivity index (χ4v) is 3.08. The highest BCUT2D eigenvalue weighted by Crippen LogP contribution is 2.29. The SMILES string of the molecule is CCONC1=NC(C)(N)Nc2c1ncn2CCC(COC(C)=O)(COC(C)=O)COC(C)=O. The van der Waals surface area contributed by atoms with Crippen LogP contribution < -0.4 is 16.5 Å². The van der Waals surface area contributed by atoms with Crippen LogP contribution >= 0.6 is 0 Å². The van der Waals surface area contributed by atoms with Crippen molar-refractivity contribution in [3.63, 3.8) is 0 Å². The number of hydroxylamine groups is 1. The van der Waals surface area contributed by atoms with Gasteiger partial charge in [-0.25, -0.2) is 15.5 Å². The lowest BCUT2D eigenvalue weighted by Crippen LogP contribution is -2.49. The first-order valence-corrected chi connectivity index (χ1v) is 10.5. The molecule has 2 rings (SSSR count). The van der Waals surface area contributed by atoms with Gasteiger partial charge in [-0.05, 0) is 20.3 Å². The molecule has 0 saturated carbocycles. The van der Waals surface area contributed by atoms with E-state index in [-0.39, 0.29) is 19.8 Å². The lowest BCUT2D eigenvalue weighted by atomic mass is 9.86. The maximum absolute atomic E-state index is 11.5. The molecule has 2 heterocycles. The van der Waals surface area contributed by atoms with Gasteiger partial charge in [-0.1, -0.05) is 0 Å². The minimum atomic E-state index is -1.12. The van der Waals surface area contributed by atoms with E-state index in [2.05, 4.69) is 20.8 Å². The summed E-state index contributed by atoms with van der Waals surface area (Å²) in [6, 6.07) is 0. The van der Waals surface area contributed by atoms with Gasteiger partial charge >= 0.3 is 17.9 Å². The molecule has 184 valence electrons. The van der Waals surface area contributed by atoms with E-state index in [0.717, 1.165) is 0 Å². The molecule has 0 saturated heterocycles. The van der Waals surface area contributed by atoms with E-state index in [1.165, 1.54) is 20.8 Å². The van der Waals surface area contributed by atoms with Crippen LogP contribution in [0.15, 0.2) is 11.3 Å². The summed E-state index contributed by atoms with van der Waals surface area (Å²) in [4.78, 5) is 48.4. The third-order valence-corrected chi connectivity index (χ3v) is 4.72. The molecule has 1 aliphatic rings. The number of nitrogens with zero attached hydrogens (tertiary/aromatic N) is 3. The molecule has 1 atom stereocenters. The number of hydrogen-bond acceptors (Lipinski definition) is 12. The first-order chi connectivity index (χ1) is 15.5. The second-order valence-electron chi connectivity index (χ2n) is 7.99. The minimum absolute atomic E-state index is 0.111. The number of aryl methyl sites for hydroxylation is 1. The second-order valence-corrected chi connectivity index (χ2v) is 7.99. The average Bonchev–Trinajstić information content (AvgIpc) is 3.12. The molecule has 1 unspecified atom stereocenters. The number of nitrogens with one attached hydrogen (secondary N) is 2. The number of aliphatic imine (C=N–C) groups is 1. The molecular weight excluding hydrogens is 436 g/mol. The standard InChI is InChI=1S/C20H32N6O7/c1-6-33-25-17-16-18(24-19(5,21)23-17)26(12-22-16)8-7-20(9-30-13(2)27,10-31-14(3)28)11-32-15(4)29/h12,24H,6-11,21H2,1-5H3,(H,23,25). The first-order valence-electron chi connectivity index (χ1n) is 10.5. The van der Waals surface area contributed by atoms with E-state index < -0.39 is 29.1 Å². The Morgan fingerprint density at radius 1 is 1.12 bits per heavy atom. The maximum Gasteiger partial charge on any atom is 0.302 e. The number of carbonyl (C=O) groups excluding carboxylic acids is 3. The van der Waals surface area contributed by atoms with Gasteiger partial charge in [-0.2, -0.15) is 0 Å². The molecule has 1 aromatic heterocycles. The highest BCUT2D eigenvalue weighted by atomic mass is 16.6. The van der Waals surface area contributed by atoms with Gasteiger partial charge in [0.05, 0.1) is 18.3 Å². The maximum atomic E-state index is 11.5. The predicted octanol–water partition coefficient (Wildman–Crippen LogP) is 0.295. The quantitative estimate of drug-likeness (QED) is 0.232. The van der Waals surface area contributed by atoms with Gasteiger partial charge in [0.1, 0.15) is 31.3 Å². The molecular formula is C20H32N6O7. The van der Waals surface area contributed by atoms with Crippen LogP contribution in [0.25, 0.3) is 0 Å². The number of nitrogens with two attached hydrogens (primary N) is 1. The molecule has 33 heavy (non-hydrogen) atoms. The van der Waals surface area contributed by atoms with Gasteiger partial charge in [-0.15, -0.1) is 0 Å². The molecule has 0 spiro atoms. The van der Waals surface area contributed by atoms with Gasteiger partial charge in [-0.3, -0.25) is 25.0 Å². The molecule has 0 radical (unpaired) electrons. The summed E-state index contributed by atoms with van der Waals surface area (Å²) < 4.78 is 17.5. The van der Waals surface area contributed by atoms with Crippen molar-refractivity contribution in [2.45, 2.75) is 53.4 Å². The topological polar surface area (TPSA) is 168 Å². The third kappa shape index (κ3) is 7.71. The number of aromatic nitrogens is 2. The second kappa shape index (κ2) is 11.1. The number of carbonyl (C=O) groups is 3. The van der Waals surface area contributed by atoms with Crippen LogP contribution in [0.4, 0.5) is 5.82 Å². The van der Waals surface area contributed by atoms with Gasteiger partial charge in [0.25, 0.3) is 0 Å². The Bertz CT molecular complexity index is 850. The summed E-state index contributed by atoms with van der Waals surface area (Å²) in [5.74, 6) is -1.66. The van der Waals surface area contributed by atoms with Crippen LogP contribution in [0.3, 0.4) is 0 Å². The van der Waals surface area contributed by atoms with Crippen LogP contribution in [0.2, 0.25) is 0 Å². The lowest BCUT2D eigenvalue weighted by molar-refractivity contribution is -0.160. The Kier molecular flexibility index (Phi) is 8.76. The molecule has 1 aromatic rings. The number of esters is 3. The molecule has 0 aromatic carbocycles. The summed E-state index contributed by atoms with van der Waals surface area (Å²) in [6.45, 7) is 7.75. The highest BCUT2D eigenvalue weighted by Gasteiger charge is 2.36. The van der Waals surface area contributed by atoms with Crippen molar-refractivity contribution < 1.29 is 33.4 Å². The fourth-order valence-electron chi connectivity index (χ4n) is 3.08. The Hall–Kier alpha value is -3.19. The van der Waals surface area contributed by atoms with Gasteiger partial charge in [0.2, 0.25) is 0 Å². The Labute approximate surface area is 191 Å². The van der Waals surface area contributed by atoms with Crippen molar-refractivity contribution in [2.24, 2.45) is 16.1 Å². The van der Waals surface area contributed by atoms with Crippen LogP contribution in [0.1, 0.15) is 46.7 Å². The van der Waals surface area contributed by atoms with E-state index in [0.29, 0.717) is 36.9 Å². The fraction of sp³-hybridized carbons (Fsp3) is 0.650. The molecule has 13 heteroatoms. The Morgan fingerprint density at radius 2 is 1.67 bits per heavy atom. The number of fused-ring (bicyclic) bond motifs is 1. The lowest BCUT2D eigenvalue weighted by Gasteiger charge is -2.33. The summed E-state index contributed by atoms with van der Waals surface area (Å²) >= 11 is 0. The molecule has 13 nitrogen and oxygen atoms in total. The zero-order valence-corrected chi connectivity index (χ0v) is 19.6. The van der Waals surface area contributed by atoms with Crippen LogP contribution in [-0.4, -0.2) is 65.5 Å². The van der Waals surface area contributed by atoms with Crippen LogP contribution in [0.5, 0.6) is 0 Å². The van der Waals surface area contributed by atoms with Crippen molar-refractivity contribution in [3.05, 3.63) is 12.0 Å². The van der Waals surface area contributed by atoms with Gasteiger partial charge < -0.3 is 24.1 Å².